The minimum Gasteiger partial charge on any atom is -0.338 e. The first kappa shape index (κ1) is 18.1. The summed E-state index contributed by atoms with van der Waals surface area (Å²) in [6.45, 7) is 12.4. The molecule has 1 amide bonds. The van der Waals surface area contributed by atoms with Gasteiger partial charge in [-0.15, -0.1) is 11.3 Å². The Kier molecular flexibility index (Phi) is 5.54. The monoisotopic (exact) mass is 361 g/mol. The highest BCUT2D eigenvalue weighted by atomic mass is 32.1. The maximum atomic E-state index is 12.9. The predicted octanol–water partition coefficient (Wildman–Crippen LogP) is 2.68. The van der Waals surface area contributed by atoms with E-state index in [0.717, 1.165) is 49.2 Å². The van der Waals surface area contributed by atoms with Crippen LogP contribution in [0.2, 0.25) is 0 Å². The number of hydrogen-bond acceptors (Lipinski definition) is 5. The van der Waals surface area contributed by atoms with Gasteiger partial charge in [0.25, 0.3) is 0 Å². The summed E-state index contributed by atoms with van der Waals surface area (Å²) in [7, 11) is 0. The van der Waals surface area contributed by atoms with Crippen LogP contribution in [0, 0.1) is 6.92 Å². The van der Waals surface area contributed by atoms with Gasteiger partial charge in [-0.1, -0.05) is 13.8 Å². The number of rotatable bonds is 5. The SMILES string of the molecule is Cc1nc(CN2CCN(C(=O)[C@H](C)n3ccnc3C(C)C)CC2)cs1. The molecule has 0 bridgehead atoms. The van der Waals surface area contributed by atoms with E-state index in [-0.39, 0.29) is 11.9 Å². The minimum atomic E-state index is -0.201. The summed E-state index contributed by atoms with van der Waals surface area (Å²) in [6, 6.07) is -0.201. The third-order valence-electron chi connectivity index (χ3n) is 4.73. The number of piperazine rings is 1. The van der Waals surface area contributed by atoms with Gasteiger partial charge in [-0.2, -0.15) is 0 Å². The lowest BCUT2D eigenvalue weighted by Crippen LogP contribution is -2.50. The zero-order valence-corrected chi connectivity index (χ0v) is 16.3. The summed E-state index contributed by atoms with van der Waals surface area (Å²) < 4.78 is 2.01. The molecule has 7 heteroatoms. The number of carbonyl (C=O) groups is 1. The minimum absolute atomic E-state index is 0.184. The second kappa shape index (κ2) is 7.66. The molecule has 25 heavy (non-hydrogen) atoms. The molecule has 0 saturated carbocycles. The van der Waals surface area contributed by atoms with Crippen molar-refractivity contribution in [3.63, 3.8) is 0 Å². The number of thiazole rings is 1. The number of nitrogens with zero attached hydrogens (tertiary/aromatic N) is 5. The van der Waals surface area contributed by atoms with Crippen molar-refractivity contribution >= 4 is 17.2 Å². The van der Waals surface area contributed by atoms with Crippen LogP contribution in [0.3, 0.4) is 0 Å². The molecule has 0 aromatic carbocycles. The molecule has 1 atom stereocenters. The van der Waals surface area contributed by atoms with E-state index in [1.807, 2.05) is 29.5 Å². The molecule has 0 N–H and O–H groups in total. The lowest BCUT2D eigenvalue weighted by molar-refractivity contribution is -0.136. The van der Waals surface area contributed by atoms with Gasteiger partial charge in [-0.05, 0) is 13.8 Å². The summed E-state index contributed by atoms with van der Waals surface area (Å²) in [6.07, 6.45) is 3.70. The van der Waals surface area contributed by atoms with E-state index in [2.05, 4.69) is 34.1 Å². The zero-order valence-electron chi connectivity index (χ0n) is 15.5. The Labute approximate surface area is 153 Å². The fraction of sp³-hybridized carbons (Fsp3) is 0.611. The van der Waals surface area contributed by atoms with Gasteiger partial charge in [-0.25, -0.2) is 9.97 Å². The van der Waals surface area contributed by atoms with Crippen LogP contribution in [-0.2, 0) is 11.3 Å². The maximum absolute atomic E-state index is 12.9. The van der Waals surface area contributed by atoms with Crippen LogP contribution in [-0.4, -0.2) is 56.4 Å². The molecular weight excluding hydrogens is 334 g/mol. The first-order valence-corrected chi connectivity index (χ1v) is 9.78. The smallest absolute Gasteiger partial charge is 0.245 e. The molecule has 2 aromatic heterocycles. The van der Waals surface area contributed by atoms with Crippen molar-refractivity contribution in [3.8, 4) is 0 Å². The van der Waals surface area contributed by atoms with Crippen LogP contribution in [0.25, 0.3) is 0 Å². The van der Waals surface area contributed by atoms with Crippen LogP contribution < -0.4 is 0 Å². The van der Waals surface area contributed by atoms with Gasteiger partial charge in [0.15, 0.2) is 0 Å². The molecule has 3 rings (SSSR count). The van der Waals surface area contributed by atoms with Gasteiger partial charge in [-0.3, -0.25) is 9.69 Å². The molecule has 1 saturated heterocycles. The summed E-state index contributed by atoms with van der Waals surface area (Å²) in [5, 5.41) is 3.24. The molecule has 1 aliphatic heterocycles. The topological polar surface area (TPSA) is 54.3 Å². The van der Waals surface area contributed by atoms with Crippen molar-refractivity contribution in [2.45, 2.75) is 46.2 Å². The first-order valence-electron chi connectivity index (χ1n) is 8.90. The molecule has 0 aliphatic carbocycles. The number of aromatic nitrogens is 3. The van der Waals surface area contributed by atoms with E-state index < -0.39 is 0 Å². The zero-order chi connectivity index (χ0) is 18.0. The normalized spacial score (nSPS) is 17.2. The highest BCUT2D eigenvalue weighted by Gasteiger charge is 2.27. The Morgan fingerprint density at radius 1 is 1.24 bits per heavy atom. The Hall–Kier alpha value is -1.73. The van der Waals surface area contributed by atoms with Crippen molar-refractivity contribution in [1.82, 2.24) is 24.3 Å². The summed E-state index contributed by atoms with van der Waals surface area (Å²) >= 11 is 1.69. The summed E-state index contributed by atoms with van der Waals surface area (Å²) in [5.41, 5.74) is 1.13. The Morgan fingerprint density at radius 3 is 2.56 bits per heavy atom. The van der Waals surface area contributed by atoms with E-state index in [1.165, 1.54) is 0 Å². The van der Waals surface area contributed by atoms with Crippen molar-refractivity contribution in [1.29, 1.82) is 0 Å². The van der Waals surface area contributed by atoms with Gasteiger partial charge in [0.05, 0.1) is 10.7 Å². The maximum Gasteiger partial charge on any atom is 0.245 e. The van der Waals surface area contributed by atoms with E-state index in [0.29, 0.717) is 5.92 Å². The molecule has 6 nitrogen and oxygen atoms in total. The van der Waals surface area contributed by atoms with Crippen LogP contribution in [0.1, 0.15) is 49.3 Å². The van der Waals surface area contributed by atoms with Gasteiger partial charge >= 0.3 is 0 Å². The highest BCUT2D eigenvalue weighted by molar-refractivity contribution is 7.09. The van der Waals surface area contributed by atoms with Crippen LogP contribution in [0.4, 0.5) is 0 Å². The van der Waals surface area contributed by atoms with E-state index in [9.17, 15) is 4.79 Å². The lowest BCUT2D eigenvalue weighted by Gasteiger charge is -2.36. The summed E-state index contributed by atoms with van der Waals surface area (Å²) in [4.78, 5) is 26.2. The van der Waals surface area contributed by atoms with Crippen molar-refractivity contribution < 1.29 is 4.79 Å². The van der Waals surface area contributed by atoms with Crippen molar-refractivity contribution in [2.24, 2.45) is 0 Å². The Bertz CT molecular complexity index is 715. The third kappa shape index (κ3) is 4.10. The second-order valence-electron chi connectivity index (χ2n) is 6.98. The van der Waals surface area contributed by atoms with E-state index >= 15 is 0 Å². The fourth-order valence-electron chi connectivity index (χ4n) is 3.32. The first-order chi connectivity index (χ1) is 12.0. The average Bonchev–Trinajstić information content (AvgIpc) is 3.23. The van der Waals surface area contributed by atoms with Gasteiger partial charge < -0.3 is 9.47 Å². The fourth-order valence-corrected chi connectivity index (χ4v) is 3.92. The predicted molar refractivity (Wildman–Crippen MR) is 99.7 cm³/mol. The van der Waals surface area contributed by atoms with Gasteiger partial charge in [0.2, 0.25) is 5.91 Å². The second-order valence-corrected chi connectivity index (χ2v) is 8.04. The number of carbonyl (C=O) groups excluding carboxylic acids is 1. The number of imidazole rings is 1. The molecule has 3 heterocycles. The largest absolute Gasteiger partial charge is 0.338 e. The molecule has 136 valence electrons. The Balaban J connectivity index is 1.56. The van der Waals surface area contributed by atoms with Crippen LogP contribution >= 0.6 is 11.3 Å². The van der Waals surface area contributed by atoms with Crippen molar-refractivity contribution in [2.75, 3.05) is 26.2 Å². The number of aryl methyl sites for hydroxylation is 1. The van der Waals surface area contributed by atoms with E-state index in [4.69, 9.17) is 0 Å². The lowest BCUT2D eigenvalue weighted by atomic mass is 10.2. The molecule has 0 unspecified atom stereocenters. The highest BCUT2D eigenvalue weighted by Crippen LogP contribution is 2.20. The van der Waals surface area contributed by atoms with Crippen molar-refractivity contribution in [3.05, 3.63) is 34.3 Å². The number of hydrogen-bond donors (Lipinski definition) is 0. The van der Waals surface area contributed by atoms with Gasteiger partial charge in [0, 0.05) is 56.4 Å². The summed E-state index contributed by atoms with van der Waals surface area (Å²) in [5.74, 6) is 1.46. The molecule has 0 radical (unpaired) electrons. The molecule has 1 aliphatic rings. The third-order valence-corrected chi connectivity index (χ3v) is 5.55. The quantitative estimate of drug-likeness (QED) is 0.822. The molecule has 2 aromatic rings. The number of amides is 1. The standard InChI is InChI=1S/C18H27N5OS/c1-13(2)17-19-5-6-23(17)14(3)18(24)22-9-7-21(8-10-22)11-16-12-25-15(4)20-16/h5-6,12-14H,7-11H2,1-4H3/t14-/m0/s1. The molecule has 0 spiro atoms. The molecule has 1 fully saturated rings. The van der Waals surface area contributed by atoms with Crippen LogP contribution in [0.5, 0.6) is 0 Å². The Morgan fingerprint density at radius 2 is 1.96 bits per heavy atom. The molecular formula is C18H27N5OS. The average molecular weight is 362 g/mol. The van der Waals surface area contributed by atoms with Crippen LogP contribution in [0.15, 0.2) is 17.8 Å². The van der Waals surface area contributed by atoms with Gasteiger partial charge in [0.1, 0.15) is 11.9 Å². The van der Waals surface area contributed by atoms with E-state index in [1.54, 1.807) is 17.5 Å².